The van der Waals surface area contributed by atoms with Crippen molar-refractivity contribution in [1.82, 2.24) is 9.55 Å². The summed E-state index contributed by atoms with van der Waals surface area (Å²) in [5.74, 6) is -2.39. The first-order valence-corrected chi connectivity index (χ1v) is 9.74. The zero-order chi connectivity index (χ0) is 22.2. The second kappa shape index (κ2) is 8.05. The lowest BCUT2D eigenvalue weighted by Gasteiger charge is -2.18. The van der Waals surface area contributed by atoms with Crippen LogP contribution in [-0.4, -0.2) is 33.4 Å². The molecule has 9 heteroatoms. The number of benzene rings is 2. The van der Waals surface area contributed by atoms with Crippen LogP contribution < -0.4 is 4.90 Å². The molecule has 0 fully saturated rings. The van der Waals surface area contributed by atoms with E-state index in [1.807, 2.05) is 22.8 Å². The molecule has 1 aliphatic heterocycles. The number of hydrogen-bond donors (Lipinski definition) is 1. The lowest BCUT2D eigenvalue weighted by molar-refractivity contribution is -0.123. The van der Waals surface area contributed by atoms with E-state index in [4.69, 9.17) is 0 Å². The minimum absolute atomic E-state index is 0.0161. The molecule has 0 atom stereocenters. The van der Waals surface area contributed by atoms with Crippen molar-refractivity contribution in [3.8, 4) is 0 Å². The summed E-state index contributed by atoms with van der Waals surface area (Å²) in [5.41, 5.74) is 0.975. The predicted molar refractivity (Wildman–Crippen MR) is 108 cm³/mol. The zero-order valence-corrected chi connectivity index (χ0v) is 16.4. The van der Waals surface area contributed by atoms with Gasteiger partial charge in [-0.1, -0.05) is 30.3 Å². The van der Waals surface area contributed by atoms with E-state index in [0.29, 0.717) is 30.7 Å². The van der Waals surface area contributed by atoms with Crippen molar-refractivity contribution < 1.29 is 27.5 Å². The average molecular weight is 433 g/mol. The molecule has 0 saturated heterocycles. The molecule has 5 nitrogen and oxygen atoms in total. The second-order valence-electron chi connectivity index (χ2n) is 7.19. The summed E-state index contributed by atoms with van der Waals surface area (Å²) in [4.78, 5) is 18.7. The number of imidazole rings is 1. The van der Waals surface area contributed by atoms with Crippen molar-refractivity contribution in [3.63, 3.8) is 0 Å². The number of allylic oxidation sites excluding steroid dienone is 1. The number of para-hydroxylation sites is 3. The van der Waals surface area contributed by atoms with E-state index in [2.05, 4.69) is 4.98 Å². The highest BCUT2D eigenvalue weighted by Gasteiger charge is 2.44. The number of halogens is 4. The van der Waals surface area contributed by atoms with Gasteiger partial charge in [0, 0.05) is 12.1 Å². The number of hydrogen-bond acceptors (Lipinski definition) is 3. The fraction of sp³-hybridized carbons (Fsp3) is 0.273. The van der Waals surface area contributed by atoms with Gasteiger partial charge in [-0.05, 0) is 31.0 Å². The van der Waals surface area contributed by atoms with Crippen molar-refractivity contribution in [2.45, 2.75) is 32.1 Å². The minimum Gasteiger partial charge on any atom is -0.504 e. The number of carbonyl (C=O) groups is 1. The summed E-state index contributed by atoms with van der Waals surface area (Å²) in [6, 6.07) is 13.3. The van der Waals surface area contributed by atoms with Crippen molar-refractivity contribution >= 4 is 28.2 Å². The first kappa shape index (κ1) is 20.9. The Bertz CT molecular complexity index is 1170. The lowest BCUT2D eigenvalue weighted by Crippen LogP contribution is -2.29. The van der Waals surface area contributed by atoms with Crippen LogP contribution in [0.2, 0.25) is 0 Å². The van der Waals surface area contributed by atoms with E-state index in [-0.39, 0.29) is 17.8 Å². The number of carbonyl (C=O) groups excluding carboxylic acids is 1. The first-order valence-electron chi connectivity index (χ1n) is 9.74. The highest BCUT2D eigenvalue weighted by atomic mass is 19.4. The first-order chi connectivity index (χ1) is 14.8. The van der Waals surface area contributed by atoms with Gasteiger partial charge in [-0.15, -0.1) is 0 Å². The Morgan fingerprint density at radius 1 is 1.03 bits per heavy atom. The number of fused-ring (bicyclic) bond motifs is 2. The Balaban J connectivity index is 1.77. The molecule has 0 radical (unpaired) electrons. The van der Waals surface area contributed by atoms with Gasteiger partial charge in [0.15, 0.2) is 0 Å². The van der Waals surface area contributed by atoms with Crippen molar-refractivity contribution in [3.05, 3.63) is 65.7 Å². The van der Waals surface area contributed by atoms with Gasteiger partial charge in [0.2, 0.25) is 5.76 Å². The van der Waals surface area contributed by atoms with Gasteiger partial charge in [-0.2, -0.15) is 13.2 Å². The molecule has 162 valence electrons. The molecule has 1 aromatic heterocycles. The summed E-state index contributed by atoms with van der Waals surface area (Å²) in [7, 11) is 0. The van der Waals surface area contributed by atoms with Crippen LogP contribution in [0.1, 0.15) is 24.2 Å². The lowest BCUT2D eigenvalue weighted by atomic mass is 10.1. The Kier molecular flexibility index (Phi) is 5.43. The molecule has 0 saturated carbocycles. The monoisotopic (exact) mass is 433 g/mol. The molecular formula is C22H19F4N3O2. The van der Waals surface area contributed by atoms with Crippen LogP contribution in [0.4, 0.5) is 23.2 Å². The van der Waals surface area contributed by atoms with Crippen LogP contribution in [0.3, 0.4) is 0 Å². The number of aryl methyl sites for hydroxylation is 1. The molecule has 1 amide bonds. The average Bonchev–Trinajstić information content (AvgIpc) is 3.22. The van der Waals surface area contributed by atoms with Crippen molar-refractivity contribution in [2.24, 2.45) is 0 Å². The van der Waals surface area contributed by atoms with Gasteiger partial charge in [0.25, 0.3) is 5.91 Å². The van der Waals surface area contributed by atoms with E-state index in [1.54, 1.807) is 12.1 Å². The highest BCUT2D eigenvalue weighted by Crippen LogP contribution is 2.42. The fourth-order valence-corrected chi connectivity index (χ4v) is 3.81. The number of aromatic nitrogens is 2. The van der Waals surface area contributed by atoms with E-state index in [0.717, 1.165) is 5.52 Å². The molecule has 1 N–H and O–H groups in total. The van der Waals surface area contributed by atoms with Gasteiger partial charge in [-0.25, -0.2) is 4.98 Å². The summed E-state index contributed by atoms with van der Waals surface area (Å²) < 4.78 is 54.0. The number of alkyl halides is 4. The molecule has 31 heavy (non-hydrogen) atoms. The summed E-state index contributed by atoms with van der Waals surface area (Å²) in [6.07, 6.45) is -4.13. The van der Waals surface area contributed by atoms with Crippen LogP contribution in [0, 0.1) is 0 Å². The quantitative estimate of drug-likeness (QED) is 0.253. The van der Waals surface area contributed by atoms with Gasteiger partial charge >= 0.3 is 6.18 Å². The third kappa shape index (κ3) is 3.75. The normalized spacial score (nSPS) is 15.6. The van der Waals surface area contributed by atoms with E-state index < -0.39 is 30.1 Å². The Hall–Kier alpha value is -3.36. The molecular weight excluding hydrogens is 414 g/mol. The van der Waals surface area contributed by atoms with Gasteiger partial charge in [-0.3, -0.25) is 9.18 Å². The Labute approximate surface area is 175 Å². The van der Waals surface area contributed by atoms with Crippen molar-refractivity contribution in [2.75, 3.05) is 11.6 Å². The topological polar surface area (TPSA) is 58.4 Å². The number of anilines is 1. The van der Waals surface area contributed by atoms with Crippen LogP contribution in [0.25, 0.3) is 16.6 Å². The van der Waals surface area contributed by atoms with Gasteiger partial charge in [0.05, 0.1) is 35.5 Å². The fourth-order valence-electron chi connectivity index (χ4n) is 3.81. The Morgan fingerprint density at radius 2 is 1.74 bits per heavy atom. The van der Waals surface area contributed by atoms with Crippen LogP contribution in [-0.2, 0) is 17.9 Å². The number of amides is 1. The maximum Gasteiger partial charge on any atom is 0.449 e. The molecule has 0 bridgehead atoms. The number of aliphatic hydroxyl groups excluding tert-OH is 1. The van der Waals surface area contributed by atoms with E-state index in [1.165, 1.54) is 23.1 Å². The van der Waals surface area contributed by atoms with E-state index >= 15 is 0 Å². The second-order valence-corrected chi connectivity index (χ2v) is 7.19. The molecule has 0 spiro atoms. The SMILES string of the molecule is O=C1/C(=C(\O)C(F)(F)F)c2ccccc2N1Cc1nc2ccccc2n1CCCCF. The number of rotatable bonds is 6. The smallest absolute Gasteiger partial charge is 0.449 e. The minimum atomic E-state index is -5.05. The number of aliphatic hydroxyl groups is 1. The van der Waals surface area contributed by atoms with Gasteiger partial charge < -0.3 is 14.6 Å². The van der Waals surface area contributed by atoms with E-state index in [9.17, 15) is 27.5 Å². The predicted octanol–water partition coefficient (Wildman–Crippen LogP) is 5.16. The zero-order valence-electron chi connectivity index (χ0n) is 16.4. The molecule has 4 rings (SSSR count). The number of nitrogens with zero attached hydrogens (tertiary/aromatic N) is 3. The van der Waals surface area contributed by atoms with Crippen LogP contribution in [0.15, 0.2) is 54.3 Å². The molecule has 0 unspecified atom stereocenters. The third-order valence-corrected chi connectivity index (χ3v) is 5.23. The van der Waals surface area contributed by atoms with Crippen molar-refractivity contribution in [1.29, 1.82) is 0 Å². The molecule has 0 aliphatic carbocycles. The highest BCUT2D eigenvalue weighted by molar-refractivity contribution is 6.33. The maximum atomic E-state index is 13.2. The molecule has 1 aliphatic rings. The molecule has 2 aromatic carbocycles. The third-order valence-electron chi connectivity index (χ3n) is 5.23. The van der Waals surface area contributed by atoms with Crippen LogP contribution >= 0.6 is 0 Å². The standard InChI is InChI=1S/C22H19F4N3O2/c23-11-5-6-12-28-17-10-4-2-8-15(17)27-18(28)13-29-16-9-3-1-7-14(16)19(21(29)31)20(30)22(24,25)26/h1-4,7-10,30H,5-6,11-13H2/b20-19-. The largest absolute Gasteiger partial charge is 0.504 e. The maximum absolute atomic E-state index is 13.2. The summed E-state index contributed by atoms with van der Waals surface area (Å²) >= 11 is 0. The summed E-state index contributed by atoms with van der Waals surface area (Å²) in [6.45, 7) is -0.0838. The molecule has 3 aromatic rings. The summed E-state index contributed by atoms with van der Waals surface area (Å²) in [5, 5.41) is 9.75. The number of unbranched alkanes of at least 4 members (excludes halogenated alkanes) is 1. The molecule has 2 heterocycles. The van der Waals surface area contributed by atoms with Gasteiger partial charge in [0.1, 0.15) is 5.82 Å². The van der Waals surface area contributed by atoms with Crippen LogP contribution in [0.5, 0.6) is 0 Å². The Morgan fingerprint density at radius 3 is 2.48 bits per heavy atom.